The van der Waals surface area contributed by atoms with Crippen LogP contribution in [0.15, 0.2) is 18.2 Å². The molecule has 0 saturated heterocycles. The summed E-state index contributed by atoms with van der Waals surface area (Å²) in [4.78, 5) is 14.1. The molecule has 0 saturated carbocycles. The number of carbonyl (C=O) groups excluding carboxylic acids is 1. The van der Waals surface area contributed by atoms with Crippen LogP contribution in [-0.4, -0.2) is 16.0 Å². The van der Waals surface area contributed by atoms with E-state index in [9.17, 15) is 4.79 Å². The third-order valence-corrected chi connectivity index (χ3v) is 1.55. The van der Waals surface area contributed by atoms with Gasteiger partial charge in [0.15, 0.2) is 10.9 Å². The Balaban J connectivity index is 2.92. The van der Waals surface area contributed by atoms with Gasteiger partial charge in [-0.2, -0.15) is 0 Å². The summed E-state index contributed by atoms with van der Waals surface area (Å²) in [7, 11) is 0. The number of carbonyl (C=O) groups is 1. The van der Waals surface area contributed by atoms with Crippen molar-refractivity contribution in [3.8, 4) is 5.75 Å². The van der Waals surface area contributed by atoms with Crippen LogP contribution in [0.2, 0.25) is 5.15 Å². The second-order valence-electron chi connectivity index (χ2n) is 2.28. The largest absolute Gasteiger partial charge is 0.505 e. The Morgan fingerprint density at radius 2 is 2.31 bits per heavy atom. The lowest BCUT2D eigenvalue weighted by Crippen LogP contribution is -2.05. The highest BCUT2D eigenvalue weighted by Gasteiger charge is 1.98. The molecule has 0 atom stereocenters. The van der Waals surface area contributed by atoms with Gasteiger partial charge in [0.25, 0.3) is 0 Å². The molecule has 68 valence electrons. The summed E-state index contributed by atoms with van der Waals surface area (Å²) in [6.45, 7) is 0. The van der Waals surface area contributed by atoms with Crippen LogP contribution in [0.25, 0.3) is 6.08 Å². The number of primary amides is 1. The first-order chi connectivity index (χ1) is 6.09. The van der Waals surface area contributed by atoms with Crippen molar-refractivity contribution in [2.24, 2.45) is 5.73 Å². The molecule has 13 heavy (non-hydrogen) atoms. The lowest BCUT2D eigenvalue weighted by Gasteiger charge is -1.96. The Kier molecular flexibility index (Phi) is 2.87. The highest BCUT2D eigenvalue weighted by Crippen LogP contribution is 2.20. The van der Waals surface area contributed by atoms with Crippen LogP contribution in [0.5, 0.6) is 5.75 Å². The zero-order valence-electron chi connectivity index (χ0n) is 6.57. The molecule has 0 aromatic carbocycles. The molecule has 5 heteroatoms. The molecule has 1 aromatic heterocycles. The van der Waals surface area contributed by atoms with Crippen LogP contribution in [0.3, 0.4) is 0 Å². The molecule has 0 aliphatic carbocycles. The SMILES string of the molecule is NC(=O)C=Cc1ccc(O)c(Cl)n1. The van der Waals surface area contributed by atoms with Crippen molar-refractivity contribution in [3.05, 3.63) is 29.1 Å². The molecule has 0 aliphatic heterocycles. The Hall–Kier alpha value is -1.55. The molecule has 0 spiro atoms. The van der Waals surface area contributed by atoms with E-state index in [1.165, 1.54) is 18.2 Å². The lowest BCUT2D eigenvalue weighted by molar-refractivity contribution is -0.113. The van der Waals surface area contributed by atoms with Crippen molar-refractivity contribution >= 4 is 23.6 Å². The van der Waals surface area contributed by atoms with Crippen LogP contribution in [0, 0.1) is 0 Å². The minimum Gasteiger partial charge on any atom is -0.505 e. The third kappa shape index (κ3) is 2.76. The van der Waals surface area contributed by atoms with Crippen molar-refractivity contribution in [3.63, 3.8) is 0 Å². The fourth-order valence-corrected chi connectivity index (χ4v) is 0.862. The van der Waals surface area contributed by atoms with Gasteiger partial charge in [-0.1, -0.05) is 11.6 Å². The summed E-state index contributed by atoms with van der Waals surface area (Å²) in [5.74, 6) is -0.663. The number of aromatic nitrogens is 1. The van der Waals surface area contributed by atoms with Gasteiger partial charge < -0.3 is 10.8 Å². The highest BCUT2D eigenvalue weighted by molar-refractivity contribution is 6.30. The van der Waals surface area contributed by atoms with Crippen LogP contribution in [-0.2, 0) is 4.79 Å². The van der Waals surface area contributed by atoms with Gasteiger partial charge in [0.05, 0.1) is 5.69 Å². The van der Waals surface area contributed by atoms with E-state index < -0.39 is 5.91 Å². The quantitative estimate of drug-likeness (QED) is 0.549. The predicted octanol–water partition coefficient (Wildman–Crippen LogP) is 0.939. The van der Waals surface area contributed by atoms with Crippen LogP contribution < -0.4 is 5.73 Å². The molecule has 0 fully saturated rings. The van der Waals surface area contributed by atoms with Crippen LogP contribution in [0.1, 0.15) is 5.69 Å². The van der Waals surface area contributed by atoms with E-state index in [1.807, 2.05) is 0 Å². The standard InChI is InChI=1S/C8H7ClN2O2/c9-8-6(12)3-1-5(11-8)2-4-7(10)13/h1-4,12H,(H2,10,13). The smallest absolute Gasteiger partial charge is 0.241 e. The molecular formula is C8H7ClN2O2. The maximum absolute atomic E-state index is 10.3. The number of hydrogen-bond donors (Lipinski definition) is 2. The topological polar surface area (TPSA) is 76.2 Å². The molecule has 0 bridgehead atoms. The van der Waals surface area contributed by atoms with E-state index in [2.05, 4.69) is 4.98 Å². The van der Waals surface area contributed by atoms with Gasteiger partial charge in [-0.05, 0) is 18.2 Å². The van der Waals surface area contributed by atoms with E-state index in [4.69, 9.17) is 22.4 Å². The molecule has 1 rings (SSSR count). The van der Waals surface area contributed by atoms with Crippen molar-refractivity contribution in [2.75, 3.05) is 0 Å². The zero-order valence-corrected chi connectivity index (χ0v) is 7.32. The minimum atomic E-state index is -0.564. The second-order valence-corrected chi connectivity index (χ2v) is 2.64. The monoisotopic (exact) mass is 198 g/mol. The maximum atomic E-state index is 10.3. The highest BCUT2D eigenvalue weighted by atomic mass is 35.5. The summed E-state index contributed by atoms with van der Waals surface area (Å²) in [5.41, 5.74) is 5.33. The van der Waals surface area contributed by atoms with Gasteiger partial charge in [0, 0.05) is 6.08 Å². The van der Waals surface area contributed by atoms with E-state index in [0.717, 1.165) is 6.08 Å². The number of nitrogens with zero attached hydrogens (tertiary/aromatic N) is 1. The molecular weight excluding hydrogens is 192 g/mol. The average molecular weight is 199 g/mol. The normalized spacial score (nSPS) is 10.5. The van der Waals surface area contributed by atoms with E-state index in [0.29, 0.717) is 5.69 Å². The van der Waals surface area contributed by atoms with Gasteiger partial charge in [-0.25, -0.2) is 4.98 Å². The van der Waals surface area contributed by atoms with Crippen molar-refractivity contribution < 1.29 is 9.90 Å². The summed E-state index contributed by atoms with van der Waals surface area (Å²) in [6, 6.07) is 2.90. The first kappa shape index (κ1) is 9.54. The van der Waals surface area contributed by atoms with Crippen molar-refractivity contribution in [1.82, 2.24) is 4.98 Å². The number of rotatable bonds is 2. The van der Waals surface area contributed by atoms with Crippen LogP contribution >= 0.6 is 11.6 Å². The number of pyridine rings is 1. The maximum Gasteiger partial charge on any atom is 0.241 e. The summed E-state index contributed by atoms with van der Waals surface area (Å²) in [6.07, 6.45) is 2.57. The number of amides is 1. The van der Waals surface area contributed by atoms with Crippen molar-refractivity contribution in [2.45, 2.75) is 0 Å². The first-order valence-corrected chi connectivity index (χ1v) is 3.80. The van der Waals surface area contributed by atoms with Gasteiger partial charge in [-0.15, -0.1) is 0 Å². The number of halogens is 1. The van der Waals surface area contributed by atoms with E-state index in [1.54, 1.807) is 0 Å². The molecule has 0 unspecified atom stereocenters. The third-order valence-electron chi connectivity index (χ3n) is 1.27. The average Bonchev–Trinajstić information content (AvgIpc) is 2.07. The van der Waals surface area contributed by atoms with E-state index >= 15 is 0 Å². The molecule has 0 radical (unpaired) electrons. The fraction of sp³-hybridized carbons (Fsp3) is 0. The van der Waals surface area contributed by atoms with Gasteiger partial charge in [0.1, 0.15) is 0 Å². The second kappa shape index (κ2) is 3.91. The number of nitrogens with two attached hydrogens (primary N) is 1. The summed E-state index contributed by atoms with van der Waals surface area (Å²) in [5, 5.41) is 9.00. The number of hydrogen-bond acceptors (Lipinski definition) is 3. The molecule has 1 aromatic rings. The van der Waals surface area contributed by atoms with Gasteiger partial charge >= 0.3 is 0 Å². The molecule has 3 N–H and O–H groups in total. The van der Waals surface area contributed by atoms with Gasteiger partial charge in [-0.3, -0.25) is 4.79 Å². The van der Waals surface area contributed by atoms with E-state index in [-0.39, 0.29) is 10.9 Å². The molecule has 4 nitrogen and oxygen atoms in total. The Bertz CT molecular complexity index is 363. The summed E-state index contributed by atoms with van der Waals surface area (Å²) >= 11 is 5.52. The summed E-state index contributed by atoms with van der Waals surface area (Å²) < 4.78 is 0. The zero-order chi connectivity index (χ0) is 9.84. The molecule has 1 amide bonds. The number of aromatic hydroxyl groups is 1. The molecule has 0 aliphatic rings. The fourth-order valence-electron chi connectivity index (χ4n) is 0.701. The van der Waals surface area contributed by atoms with Gasteiger partial charge in [0.2, 0.25) is 5.91 Å². The van der Waals surface area contributed by atoms with Crippen LogP contribution in [0.4, 0.5) is 0 Å². The first-order valence-electron chi connectivity index (χ1n) is 3.42. The Morgan fingerprint density at radius 1 is 1.62 bits per heavy atom. The Morgan fingerprint density at radius 3 is 2.85 bits per heavy atom. The molecule has 1 heterocycles. The van der Waals surface area contributed by atoms with Crippen molar-refractivity contribution in [1.29, 1.82) is 0 Å². The minimum absolute atomic E-state index is 0.00776. The Labute approximate surface area is 79.7 Å². The lowest BCUT2D eigenvalue weighted by atomic mass is 10.3. The predicted molar refractivity (Wildman–Crippen MR) is 49.1 cm³/mol.